The minimum Gasteiger partial charge on any atom is -0.346 e. The number of nitrogens with zero attached hydrogens (tertiary/aromatic N) is 1. The first-order valence-electron chi connectivity index (χ1n) is 6.49. The molecule has 1 unspecified atom stereocenters. The van der Waals surface area contributed by atoms with E-state index in [4.69, 9.17) is 15.2 Å². The lowest BCUT2D eigenvalue weighted by molar-refractivity contribution is -0.153. The van der Waals surface area contributed by atoms with Gasteiger partial charge in [-0.3, -0.25) is 4.79 Å². The molecular weight excluding hydrogens is 256 g/mol. The number of hydrogen-bond acceptors (Lipinski definition) is 4. The summed E-state index contributed by atoms with van der Waals surface area (Å²) in [6, 6.07) is -0.369. The van der Waals surface area contributed by atoms with E-state index in [2.05, 4.69) is 6.92 Å². The highest BCUT2D eigenvalue weighted by Gasteiger charge is 2.45. The minimum absolute atomic E-state index is 0. The standard InChI is InChI=1S/C12H22N2O3.ClH/c1-2-3-4-10(13)11(15)14-6-5-12(9-14)16-7-8-17-12;/h10H,2-9,13H2,1H3;1H. The lowest BCUT2D eigenvalue weighted by atomic mass is 10.1. The molecule has 0 bridgehead atoms. The maximum atomic E-state index is 12.1. The Balaban J connectivity index is 0.00000162. The van der Waals surface area contributed by atoms with Gasteiger partial charge in [0.05, 0.1) is 25.8 Å². The zero-order valence-electron chi connectivity index (χ0n) is 10.9. The van der Waals surface area contributed by atoms with Crippen LogP contribution in [-0.4, -0.2) is 48.9 Å². The number of halogens is 1. The van der Waals surface area contributed by atoms with E-state index in [0.717, 1.165) is 25.7 Å². The van der Waals surface area contributed by atoms with Gasteiger partial charge in [-0.2, -0.15) is 0 Å². The summed E-state index contributed by atoms with van der Waals surface area (Å²) in [7, 11) is 0. The second-order valence-corrected chi connectivity index (χ2v) is 4.87. The molecule has 18 heavy (non-hydrogen) atoms. The molecule has 0 aliphatic carbocycles. The van der Waals surface area contributed by atoms with Crippen molar-refractivity contribution in [1.82, 2.24) is 4.90 Å². The Hall–Kier alpha value is -0.360. The summed E-state index contributed by atoms with van der Waals surface area (Å²) < 4.78 is 11.2. The fourth-order valence-electron chi connectivity index (χ4n) is 2.46. The zero-order chi connectivity index (χ0) is 12.3. The highest BCUT2D eigenvalue weighted by molar-refractivity contribution is 5.85. The van der Waals surface area contributed by atoms with Crippen molar-refractivity contribution in [2.45, 2.75) is 44.4 Å². The maximum absolute atomic E-state index is 12.1. The summed E-state index contributed by atoms with van der Waals surface area (Å²) in [4.78, 5) is 13.9. The SMILES string of the molecule is CCCCC(N)C(=O)N1CCC2(C1)OCCO2.Cl. The largest absolute Gasteiger partial charge is 0.346 e. The molecule has 6 heteroatoms. The van der Waals surface area contributed by atoms with Gasteiger partial charge in [-0.15, -0.1) is 12.4 Å². The van der Waals surface area contributed by atoms with Gasteiger partial charge in [-0.25, -0.2) is 0 Å². The molecule has 0 radical (unpaired) electrons. The van der Waals surface area contributed by atoms with Crippen molar-refractivity contribution >= 4 is 18.3 Å². The van der Waals surface area contributed by atoms with Gasteiger partial charge >= 0.3 is 0 Å². The summed E-state index contributed by atoms with van der Waals surface area (Å²) in [6.45, 7) is 4.58. The molecule has 0 aromatic carbocycles. The summed E-state index contributed by atoms with van der Waals surface area (Å²) in [5.41, 5.74) is 5.90. The molecule has 0 aromatic rings. The zero-order valence-corrected chi connectivity index (χ0v) is 11.7. The van der Waals surface area contributed by atoms with Crippen LogP contribution < -0.4 is 5.73 Å². The van der Waals surface area contributed by atoms with Gasteiger partial charge in [0.15, 0.2) is 5.79 Å². The number of amides is 1. The molecule has 2 rings (SSSR count). The lowest BCUT2D eigenvalue weighted by Gasteiger charge is -2.24. The molecule has 2 saturated heterocycles. The molecule has 5 nitrogen and oxygen atoms in total. The van der Waals surface area contributed by atoms with Gasteiger partial charge in [-0.1, -0.05) is 19.8 Å². The number of carbonyl (C=O) groups excluding carboxylic acids is 1. The molecule has 2 aliphatic heterocycles. The number of ether oxygens (including phenoxy) is 2. The van der Waals surface area contributed by atoms with E-state index in [1.54, 1.807) is 4.90 Å². The number of rotatable bonds is 4. The highest BCUT2D eigenvalue weighted by atomic mass is 35.5. The summed E-state index contributed by atoms with van der Waals surface area (Å²) in [5, 5.41) is 0. The average molecular weight is 279 g/mol. The van der Waals surface area contributed by atoms with Crippen LogP contribution in [0.15, 0.2) is 0 Å². The van der Waals surface area contributed by atoms with Gasteiger partial charge in [0.2, 0.25) is 5.91 Å². The number of carbonyl (C=O) groups is 1. The van der Waals surface area contributed by atoms with E-state index in [1.165, 1.54) is 0 Å². The van der Waals surface area contributed by atoms with Crippen molar-refractivity contribution in [3.63, 3.8) is 0 Å². The van der Waals surface area contributed by atoms with Crippen LogP contribution in [0.1, 0.15) is 32.6 Å². The van der Waals surface area contributed by atoms with Crippen molar-refractivity contribution in [3.05, 3.63) is 0 Å². The number of nitrogens with two attached hydrogens (primary N) is 1. The van der Waals surface area contributed by atoms with Crippen molar-refractivity contribution < 1.29 is 14.3 Å². The van der Waals surface area contributed by atoms with Crippen LogP contribution in [0.3, 0.4) is 0 Å². The van der Waals surface area contributed by atoms with Crippen LogP contribution >= 0.6 is 12.4 Å². The van der Waals surface area contributed by atoms with Gasteiger partial charge in [-0.05, 0) is 6.42 Å². The van der Waals surface area contributed by atoms with Gasteiger partial charge in [0, 0.05) is 13.0 Å². The van der Waals surface area contributed by atoms with E-state index >= 15 is 0 Å². The van der Waals surface area contributed by atoms with Gasteiger partial charge in [0.25, 0.3) is 0 Å². The van der Waals surface area contributed by atoms with Crippen molar-refractivity contribution in [1.29, 1.82) is 0 Å². The highest BCUT2D eigenvalue weighted by Crippen LogP contribution is 2.30. The number of likely N-dealkylation sites (tertiary alicyclic amines) is 1. The second kappa shape index (κ2) is 6.70. The fraction of sp³-hybridized carbons (Fsp3) is 0.917. The van der Waals surface area contributed by atoms with E-state index in [9.17, 15) is 4.79 Å². The Labute approximate surface area is 114 Å². The predicted molar refractivity (Wildman–Crippen MR) is 70.6 cm³/mol. The molecule has 2 fully saturated rings. The smallest absolute Gasteiger partial charge is 0.239 e. The van der Waals surface area contributed by atoms with Gasteiger partial charge < -0.3 is 20.1 Å². The van der Waals surface area contributed by atoms with Crippen LogP contribution in [0.4, 0.5) is 0 Å². The molecular formula is C12H23ClN2O3. The summed E-state index contributed by atoms with van der Waals surface area (Å²) in [6.07, 6.45) is 3.59. The number of hydrogen-bond donors (Lipinski definition) is 1. The third kappa shape index (κ3) is 3.35. The quantitative estimate of drug-likeness (QED) is 0.830. The Bertz CT molecular complexity index is 282. The normalized spacial score (nSPS) is 23.1. The summed E-state index contributed by atoms with van der Waals surface area (Å²) in [5.74, 6) is -0.491. The molecule has 106 valence electrons. The van der Waals surface area contributed by atoms with Crippen LogP contribution in [0, 0.1) is 0 Å². The molecule has 0 saturated carbocycles. The Morgan fingerprint density at radius 3 is 2.72 bits per heavy atom. The fourth-order valence-corrected chi connectivity index (χ4v) is 2.46. The van der Waals surface area contributed by atoms with Crippen molar-refractivity contribution in [2.24, 2.45) is 5.73 Å². The summed E-state index contributed by atoms with van der Waals surface area (Å²) >= 11 is 0. The van der Waals surface area contributed by atoms with E-state index in [-0.39, 0.29) is 24.4 Å². The van der Waals surface area contributed by atoms with E-state index < -0.39 is 5.79 Å². The van der Waals surface area contributed by atoms with Crippen LogP contribution in [0.2, 0.25) is 0 Å². The van der Waals surface area contributed by atoms with Crippen LogP contribution in [0.5, 0.6) is 0 Å². The van der Waals surface area contributed by atoms with Crippen molar-refractivity contribution in [3.8, 4) is 0 Å². The first kappa shape index (κ1) is 15.7. The Morgan fingerprint density at radius 2 is 2.11 bits per heavy atom. The molecule has 1 atom stereocenters. The topological polar surface area (TPSA) is 64.8 Å². The van der Waals surface area contributed by atoms with Crippen LogP contribution in [0.25, 0.3) is 0 Å². The first-order chi connectivity index (χ1) is 8.17. The maximum Gasteiger partial charge on any atom is 0.239 e. The van der Waals surface area contributed by atoms with E-state index in [0.29, 0.717) is 26.3 Å². The second-order valence-electron chi connectivity index (χ2n) is 4.87. The lowest BCUT2D eigenvalue weighted by Crippen LogP contribution is -2.44. The predicted octanol–water partition coefficient (Wildman–Crippen LogP) is 0.901. The van der Waals surface area contributed by atoms with Crippen LogP contribution in [-0.2, 0) is 14.3 Å². The first-order valence-corrected chi connectivity index (χ1v) is 6.49. The molecule has 2 heterocycles. The average Bonchev–Trinajstić information content (AvgIpc) is 2.96. The molecule has 1 spiro atoms. The minimum atomic E-state index is -0.528. The third-order valence-corrected chi connectivity index (χ3v) is 3.51. The third-order valence-electron chi connectivity index (χ3n) is 3.51. The Morgan fingerprint density at radius 1 is 1.44 bits per heavy atom. The van der Waals surface area contributed by atoms with E-state index in [1.807, 2.05) is 0 Å². The van der Waals surface area contributed by atoms with Crippen molar-refractivity contribution in [2.75, 3.05) is 26.3 Å². The van der Waals surface area contributed by atoms with Gasteiger partial charge in [0.1, 0.15) is 0 Å². The monoisotopic (exact) mass is 278 g/mol. The number of unbranched alkanes of at least 4 members (excludes halogenated alkanes) is 1. The molecule has 2 N–H and O–H groups in total. The Kier molecular flexibility index (Phi) is 5.85. The molecule has 0 aromatic heterocycles. The molecule has 2 aliphatic rings. The molecule has 1 amide bonds.